The summed E-state index contributed by atoms with van der Waals surface area (Å²) in [5.74, 6) is 2.70. The Bertz CT molecular complexity index is 8910. The molecule has 26 rings (SSSR count). The summed E-state index contributed by atoms with van der Waals surface area (Å²) in [6.07, 6.45) is 0. The molecule has 0 saturated heterocycles. The van der Waals surface area contributed by atoms with E-state index in [2.05, 4.69) is 450 Å². The molecule has 3 heterocycles. The van der Waals surface area contributed by atoms with Crippen molar-refractivity contribution < 1.29 is 13.3 Å². The highest BCUT2D eigenvalue weighted by Gasteiger charge is 2.27. The first kappa shape index (κ1) is 80.1. The Labute approximate surface area is 773 Å². The predicted octanol–water partition coefficient (Wildman–Crippen LogP) is 37.5. The smallest absolute Gasteiger partial charge is 0.136 e. The maximum absolute atomic E-state index is 6.55. The first-order chi connectivity index (χ1) is 65.0. The van der Waals surface area contributed by atoms with Crippen molar-refractivity contribution in [2.24, 2.45) is 0 Å². The number of rotatable bonds is 11. The second-order valence-corrected chi connectivity index (χ2v) is 38.1. The van der Waals surface area contributed by atoms with Crippen LogP contribution in [0, 0.1) is 13.8 Å². The lowest BCUT2D eigenvalue weighted by Crippen LogP contribution is -2.10. The average Bonchev–Trinajstić information content (AvgIpc) is 1.37. The maximum atomic E-state index is 6.55. The maximum Gasteiger partial charge on any atom is 0.136 e. The Morgan fingerprint density at radius 1 is 0.158 bits per heavy atom. The Hall–Kier alpha value is -16.2. The first-order valence-electron chi connectivity index (χ1n) is 46.4. The van der Waals surface area contributed by atoms with Crippen LogP contribution in [0.5, 0.6) is 0 Å². The van der Waals surface area contributed by atoms with Gasteiger partial charge in [-0.15, -0.1) is 0 Å². The number of para-hydroxylation sites is 3. The number of hydrogen-bond acceptors (Lipinski definition) is 3. The van der Waals surface area contributed by atoms with E-state index in [1.165, 1.54) is 208 Å². The summed E-state index contributed by atoms with van der Waals surface area (Å²) in [5, 5.41) is 26.2. The highest BCUT2D eigenvalue weighted by atomic mass is 16.3. The molecule has 133 heavy (non-hydrogen) atoms. The van der Waals surface area contributed by atoms with Gasteiger partial charge in [0, 0.05) is 32.8 Å². The van der Waals surface area contributed by atoms with Crippen LogP contribution < -0.4 is 0 Å². The van der Waals surface area contributed by atoms with E-state index >= 15 is 0 Å². The molecule has 0 amide bonds. The lowest BCUT2D eigenvalue weighted by Gasteiger charge is -2.22. The minimum absolute atomic E-state index is 0.0534. The molecule has 632 valence electrons. The second kappa shape index (κ2) is 31.9. The zero-order chi connectivity index (χ0) is 89.5. The molecule has 0 saturated carbocycles. The van der Waals surface area contributed by atoms with Gasteiger partial charge in [0.15, 0.2) is 0 Å². The molecular weight excluding hydrogens is 1610 g/mol. The fourth-order valence-electron chi connectivity index (χ4n) is 21.1. The first-order valence-corrected chi connectivity index (χ1v) is 46.4. The minimum atomic E-state index is 0.0534. The molecule has 0 bridgehead atoms. The van der Waals surface area contributed by atoms with E-state index in [0.717, 1.165) is 66.9 Å². The zero-order valence-corrected chi connectivity index (χ0v) is 75.6. The molecule has 0 spiro atoms. The van der Waals surface area contributed by atoms with E-state index in [-0.39, 0.29) is 10.8 Å². The van der Waals surface area contributed by atoms with Crippen molar-refractivity contribution in [3.63, 3.8) is 0 Å². The van der Waals surface area contributed by atoms with E-state index in [1.807, 2.05) is 30.3 Å². The third kappa shape index (κ3) is 14.0. The zero-order valence-electron chi connectivity index (χ0n) is 75.6. The minimum Gasteiger partial charge on any atom is -0.456 e. The van der Waals surface area contributed by atoms with Crippen molar-refractivity contribution in [2.45, 2.75) is 66.2 Å². The number of aryl methyl sites for hydroxylation is 2. The van der Waals surface area contributed by atoms with Gasteiger partial charge in [-0.25, -0.2) is 0 Å². The van der Waals surface area contributed by atoms with Gasteiger partial charge in [-0.05, 0) is 287 Å². The normalized spacial score (nSPS) is 12.1. The third-order valence-corrected chi connectivity index (χ3v) is 28.0. The van der Waals surface area contributed by atoms with Crippen molar-refractivity contribution in [3.8, 4) is 123 Å². The summed E-state index contributed by atoms with van der Waals surface area (Å²) < 4.78 is 19.6. The van der Waals surface area contributed by atoms with E-state index in [4.69, 9.17) is 13.3 Å². The van der Waals surface area contributed by atoms with Crippen molar-refractivity contribution in [3.05, 3.63) is 447 Å². The monoisotopic (exact) mass is 1700 g/mol. The Morgan fingerprint density at radius 3 is 0.827 bits per heavy atom. The van der Waals surface area contributed by atoms with Gasteiger partial charge in [0.05, 0.1) is 0 Å². The molecule has 0 unspecified atom stereocenters. The van der Waals surface area contributed by atoms with E-state index in [1.54, 1.807) is 0 Å². The van der Waals surface area contributed by atoms with Crippen LogP contribution in [0.3, 0.4) is 0 Å². The van der Waals surface area contributed by atoms with Gasteiger partial charge in [-0.2, -0.15) is 0 Å². The molecule has 23 aromatic carbocycles. The number of fused-ring (bicyclic) bond motifs is 3. The molecule has 0 aliphatic rings. The average molecular weight is 1700 g/mol. The van der Waals surface area contributed by atoms with Gasteiger partial charge in [0.25, 0.3) is 0 Å². The molecule has 0 aliphatic carbocycles. The van der Waals surface area contributed by atoms with Crippen LogP contribution in [-0.4, -0.2) is 0 Å². The molecule has 26 aromatic rings. The molecule has 0 aliphatic heterocycles. The van der Waals surface area contributed by atoms with Crippen molar-refractivity contribution in [2.75, 3.05) is 0 Å². The fourth-order valence-corrected chi connectivity index (χ4v) is 21.1. The molecule has 0 atom stereocenters. The van der Waals surface area contributed by atoms with Crippen LogP contribution >= 0.6 is 0 Å². The standard InChI is InChI=1S/C48H30O.C44H38O.C38H26O/c1-3-9-31(10-4-1)33-15-19-35(20-16-33)39-25-23-37-24-26-41-43(36-21-17-34(18-22-36)32-11-5-2-6-12-32)30-44(42-28-27-40(39)47(37)48(41)42)46-29-38-13-7-8-14-45(38)49-46;1-43(2,3)31-14-9-12-28(23-31)33-19-17-27-18-20-35-37(29-13-10-15-32(24-29)44(4,5)6)26-38(36-22-21-34(33)41(27)42(35)36)40-25-30-11-7-8-16-39(30)45-40;1-23-9-3-6-12-27(23)29-17-15-25-16-18-31-33(28-13-7-4-10-24(28)2)22-34(32-20-19-30(29)37(25)38(31)32)36-21-26-11-5-8-14-35(26)39-36/h1-30H;7-26H,1-6H3;3-22H,1-2H3. The Balaban J connectivity index is 0.000000110. The lowest BCUT2D eigenvalue weighted by atomic mass is 9.82. The van der Waals surface area contributed by atoms with Gasteiger partial charge in [-0.3, -0.25) is 0 Å². The third-order valence-electron chi connectivity index (χ3n) is 28.0. The quantitative estimate of drug-likeness (QED) is 0.121. The summed E-state index contributed by atoms with van der Waals surface area (Å²) in [6, 6.07) is 155. The fraction of sp³-hybridized carbons (Fsp3) is 0.0769. The van der Waals surface area contributed by atoms with Crippen LogP contribution in [0.25, 0.3) is 253 Å². The van der Waals surface area contributed by atoms with E-state index < -0.39 is 0 Å². The van der Waals surface area contributed by atoms with E-state index in [0.29, 0.717) is 0 Å². The van der Waals surface area contributed by atoms with E-state index in [9.17, 15) is 0 Å². The second-order valence-electron chi connectivity index (χ2n) is 38.1. The molecule has 3 aromatic heterocycles. The lowest BCUT2D eigenvalue weighted by molar-refractivity contribution is 0.590. The number of furan rings is 3. The summed E-state index contributed by atoms with van der Waals surface area (Å²) >= 11 is 0. The van der Waals surface area contributed by atoms with Gasteiger partial charge >= 0.3 is 0 Å². The summed E-state index contributed by atoms with van der Waals surface area (Å²) in [7, 11) is 0. The van der Waals surface area contributed by atoms with Gasteiger partial charge in [-0.1, -0.05) is 412 Å². The topological polar surface area (TPSA) is 39.4 Å². The van der Waals surface area contributed by atoms with Crippen LogP contribution in [0.4, 0.5) is 0 Å². The van der Waals surface area contributed by atoms with Crippen LogP contribution in [0.2, 0.25) is 0 Å². The van der Waals surface area contributed by atoms with Gasteiger partial charge < -0.3 is 13.3 Å². The molecular formula is C130H94O3. The number of hydrogen-bond donors (Lipinski definition) is 0. The van der Waals surface area contributed by atoms with Gasteiger partial charge in [0.2, 0.25) is 0 Å². The van der Waals surface area contributed by atoms with Crippen LogP contribution in [0.1, 0.15) is 63.8 Å². The summed E-state index contributed by atoms with van der Waals surface area (Å²) in [4.78, 5) is 0. The van der Waals surface area contributed by atoms with Crippen LogP contribution in [0.15, 0.2) is 438 Å². The predicted molar refractivity (Wildman–Crippen MR) is 566 cm³/mol. The highest BCUT2D eigenvalue weighted by molar-refractivity contribution is 6.33. The summed E-state index contributed by atoms with van der Waals surface area (Å²) in [5.41, 5.74) is 31.3. The Morgan fingerprint density at radius 2 is 0.429 bits per heavy atom. The highest BCUT2D eigenvalue weighted by Crippen LogP contribution is 2.53. The molecule has 0 fully saturated rings. The summed E-state index contributed by atoms with van der Waals surface area (Å²) in [6.45, 7) is 18.1. The van der Waals surface area contributed by atoms with Crippen molar-refractivity contribution in [1.29, 1.82) is 0 Å². The molecule has 0 N–H and O–H groups in total. The van der Waals surface area contributed by atoms with Crippen molar-refractivity contribution in [1.82, 2.24) is 0 Å². The largest absolute Gasteiger partial charge is 0.456 e. The SMILES string of the molecule is CC(C)(C)c1cccc(-c2ccc3ccc4c(-c5cccc(C(C)(C)C)c5)cc(-c5cc6ccccc6o5)c5ccc2c3c45)c1.Cc1ccccc1-c1ccc2ccc3c(-c4ccccc4C)cc(-c4cc5ccccc5o4)c4ccc1c2c43.c1ccc(-c2ccc(-c3ccc4ccc5c(-c6ccc(-c7ccccc7)cc6)cc(-c6cc7ccccc7o6)c6ccc3c4c56)cc2)cc1. The number of benzene rings is 23. The molecule has 3 heteroatoms. The molecule has 0 radical (unpaired) electrons. The van der Waals surface area contributed by atoms with Crippen molar-refractivity contribution >= 4 is 130 Å². The molecule has 3 nitrogen and oxygen atoms in total. The van der Waals surface area contributed by atoms with Gasteiger partial charge in [0.1, 0.15) is 34.0 Å². The Kier molecular flexibility index (Phi) is 19.2. The van der Waals surface area contributed by atoms with Crippen LogP contribution in [-0.2, 0) is 10.8 Å².